The van der Waals surface area contributed by atoms with Gasteiger partial charge in [-0.15, -0.1) is 11.3 Å². The molecule has 4 heterocycles. The van der Waals surface area contributed by atoms with Gasteiger partial charge >= 0.3 is 0 Å². The van der Waals surface area contributed by atoms with Crippen LogP contribution in [0.25, 0.3) is 0 Å². The molecule has 1 aromatic heterocycles. The molecule has 5 rings (SSSR count). The molecular weight excluding hydrogens is 420 g/mol. The number of rotatable bonds is 3. The Morgan fingerprint density at radius 1 is 1.21 bits per heavy atom. The van der Waals surface area contributed by atoms with Crippen molar-refractivity contribution >= 4 is 49.7 Å². The van der Waals surface area contributed by atoms with Crippen LogP contribution in [0, 0.1) is 0 Å². The Kier molecular flexibility index (Phi) is 4.37. The predicted octanol–water partition coefficient (Wildman–Crippen LogP) is 2.32. The molecule has 1 amide bonds. The van der Waals surface area contributed by atoms with Crippen molar-refractivity contribution in [1.29, 1.82) is 0 Å². The number of amidine groups is 1. The van der Waals surface area contributed by atoms with Crippen LogP contribution in [0.2, 0.25) is 0 Å². The van der Waals surface area contributed by atoms with Crippen LogP contribution in [0.4, 0.5) is 5.69 Å². The highest BCUT2D eigenvalue weighted by Crippen LogP contribution is 2.43. The average molecular weight is 437 g/mol. The molecule has 0 bridgehead atoms. The van der Waals surface area contributed by atoms with Gasteiger partial charge in [-0.1, -0.05) is 17.8 Å². The van der Waals surface area contributed by atoms with Crippen LogP contribution in [0.15, 0.2) is 40.7 Å². The largest absolute Gasteiger partial charge is 0.454 e. The minimum atomic E-state index is -3.11. The second-order valence-corrected chi connectivity index (χ2v) is 11.1. The minimum absolute atomic E-state index is 0.0528. The lowest BCUT2D eigenvalue weighted by atomic mass is 10.2. The summed E-state index contributed by atoms with van der Waals surface area (Å²) in [5.74, 6) is 1.17. The minimum Gasteiger partial charge on any atom is -0.454 e. The Labute approximate surface area is 170 Å². The third kappa shape index (κ3) is 3.29. The number of thioether (sulfide) groups is 1. The third-order valence-corrected chi connectivity index (χ3v) is 8.91. The molecule has 1 aromatic carbocycles. The summed E-state index contributed by atoms with van der Waals surface area (Å²) in [5, 5.41) is 2.34. The summed E-state index contributed by atoms with van der Waals surface area (Å²) in [7, 11) is -3.11. The number of ether oxygens (including phenoxy) is 2. The quantitative estimate of drug-likeness (QED) is 0.730. The molecule has 2 fully saturated rings. The summed E-state index contributed by atoms with van der Waals surface area (Å²) >= 11 is 2.88. The van der Waals surface area contributed by atoms with Crippen LogP contribution in [0.5, 0.6) is 11.5 Å². The molecule has 7 nitrogen and oxygen atoms in total. The Morgan fingerprint density at radius 3 is 2.89 bits per heavy atom. The maximum atomic E-state index is 12.5. The maximum Gasteiger partial charge on any atom is 0.253 e. The zero-order chi connectivity index (χ0) is 19.3. The van der Waals surface area contributed by atoms with Gasteiger partial charge in [-0.25, -0.2) is 8.42 Å². The molecule has 10 heteroatoms. The number of thiophene rings is 1. The van der Waals surface area contributed by atoms with Gasteiger partial charge in [-0.05, 0) is 23.6 Å². The van der Waals surface area contributed by atoms with E-state index in [9.17, 15) is 13.2 Å². The van der Waals surface area contributed by atoms with Crippen molar-refractivity contribution in [3.63, 3.8) is 0 Å². The fourth-order valence-electron chi connectivity index (χ4n) is 3.61. The van der Waals surface area contributed by atoms with Crippen molar-refractivity contribution in [3.05, 3.63) is 40.6 Å². The Hall–Kier alpha value is -2.04. The van der Waals surface area contributed by atoms with Gasteiger partial charge in [-0.3, -0.25) is 4.79 Å². The first kappa shape index (κ1) is 18.0. The van der Waals surface area contributed by atoms with Crippen LogP contribution in [-0.2, 0) is 21.1 Å². The molecule has 0 N–H and O–H groups in total. The molecule has 0 aliphatic carbocycles. The van der Waals surface area contributed by atoms with Gasteiger partial charge in [0, 0.05) is 21.9 Å². The zero-order valence-corrected chi connectivity index (χ0v) is 17.1. The molecule has 0 radical (unpaired) electrons. The molecular formula is C18H16N2O5S3. The van der Waals surface area contributed by atoms with Crippen molar-refractivity contribution in [2.45, 2.75) is 17.7 Å². The summed E-state index contributed by atoms with van der Waals surface area (Å²) in [6.45, 7) is 0.161. The smallest absolute Gasteiger partial charge is 0.253 e. The first-order valence-corrected chi connectivity index (χ1v) is 12.3. The second kappa shape index (κ2) is 6.78. The van der Waals surface area contributed by atoms with Crippen molar-refractivity contribution < 1.29 is 22.7 Å². The van der Waals surface area contributed by atoms with Crippen LogP contribution < -0.4 is 14.4 Å². The molecule has 28 heavy (non-hydrogen) atoms. The standard InChI is InChI=1S/C18H16N2O5S3/c21-17(7-12-2-1-5-26-12)19-18-20(13-8-28(22,23)9-16(13)27-18)11-3-4-14-15(6-11)25-10-24-14/h1-6,13,16H,7-10H2/t13-,16+/m1/s1. The molecule has 0 spiro atoms. The molecule has 3 aliphatic heterocycles. The number of hydrogen-bond acceptors (Lipinski definition) is 7. The Balaban J connectivity index is 1.49. The number of benzene rings is 1. The number of aliphatic imine (C=N–C) groups is 1. The fourth-order valence-corrected chi connectivity index (χ4v) is 8.24. The number of fused-ring (bicyclic) bond motifs is 2. The van der Waals surface area contributed by atoms with Gasteiger partial charge in [0.2, 0.25) is 6.79 Å². The lowest BCUT2D eigenvalue weighted by molar-refractivity contribution is -0.117. The van der Waals surface area contributed by atoms with Gasteiger partial charge in [0.1, 0.15) is 0 Å². The Bertz CT molecular complexity index is 1060. The summed E-state index contributed by atoms with van der Waals surface area (Å²) < 4.78 is 35.1. The lowest BCUT2D eigenvalue weighted by Gasteiger charge is -2.24. The van der Waals surface area contributed by atoms with E-state index < -0.39 is 9.84 Å². The van der Waals surface area contributed by atoms with Crippen LogP contribution in [-0.4, -0.2) is 49.1 Å². The number of sulfone groups is 1. The van der Waals surface area contributed by atoms with E-state index in [1.54, 1.807) is 6.07 Å². The van der Waals surface area contributed by atoms with Crippen molar-refractivity contribution in [2.75, 3.05) is 23.2 Å². The van der Waals surface area contributed by atoms with Crippen LogP contribution >= 0.6 is 23.1 Å². The number of carbonyl (C=O) groups excluding carboxylic acids is 1. The first-order chi connectivity index (χ1) is 13.5. The van der Waals surface area contributed by atoms with Gasteiger partial charge in [0.25, 0.3) is 5.91 Å². The highest BCUT2D eigenvalue weighted by Gasteiger charge is 2.49. The van der Waals surface area contributed by atoms with Crippen LogP contribution in [0.1, 0.15) is 4.88 Å². The molecule has 146 valence electrons. The predicted molar refractivity (Wildman–Crippen MR) is 109 cm³/mol. The van der Waals surface area contributed by atoms with Crippen LogP contribution in [0.3, 0.4) is 0 Å². The number of amides is 1. The summed E-state index contributed by atoms with van der Waals surface area (Å²) in [6.07, 6.45) is 0.240. The summed E-state index contributed by atoms with van der Waals surface area (Å²) in [4.78, 5) is 19.7. The van der Waals surface area contributed by atoms with E-state index in [4.69, 9.17) is 9.47 Å². The van der Waals surface area contributed by atoms with E-state index in [-0.39, 0.29) is 41.9 Å². The van der Waals surface area contributed by atoms with E-state index in [1.165, 1.54) is 23.1 Å². The molecule has 3 aliphatic rings. The highest BCUT2D eigenvalue weighted by molar-refractivity contribution is 8.16. The summed E-state index contributed by atoms with van der Waals surface area (Å²) in [6, 6.07) is 9.02. The third-order valence-electron chi connectivity index (χ3n) is 4.83. The number of hydrogen-bond donors (Lipinski definition) is 0. The van der Waals surface area contributed by atoms with E-state index in [1.807, 2.05) is 34.5 Å². The second-order valence-electron chi connectivity index (χ2n) is 6.75. The van der Waals surface area contributed by atoms with E-state index in [2.05, 4.69) is 4.99 Å². The molecule has 2 atom stereocenters. The van der Waals surface area contributed by atoms with Gasteiger partial charge in [0.05, 0.1) is 24.0 Å². The zero-order valence-electron chi connectivity index (χ0n) is 14.6. The highest BCUT2D eigenvalue weighted by atomic mass is 32.2. The number of carbonyl (C=O) groups is 1. The Morgan fingerprint density at radius 2 is 2.07 bits per heavy atom. The monoisotopic (exact) mass is 436 g/mol. The van der Waals surface area contributed by atoms with Crippen molar-refractivity contribution in [1.82, 2.24) is 0 Å². The average Bonchev–Trinajstić information content (AvgIpc) is 3.38. The fraction of sp³-hybridized carbons (Fsp3) is 0.333. The maximum absolute atomic E-state index is 12.5. The van der Waals surface area contributed by atoms with Gasteiger partial charge in [-0.2, -0.15) is 4.99 Å². The van der Waals surface area contributed by atoms with E-state index in [0.29, 0.717) is 16.7 Å². The van der Waals surface area contributed by atoms with Crippen molar-refractivity contribution in [3.8, 4) is 11.5 Å². The molecule has 0 saturated carbocycles. The van der Waals surface area contributed by atoms with Gasteiger partial charge < -0.3 is 14.4 Å². The summed E-state index contributed by atoms with van der Waals surface area (Å²) in [5.41, 5.74) is 0.754. The molecule has 0 unspecified atom stereocenters. The molecule has 2 aromatic rings. The van der Waals surface area contributed by atoms with E-state index in [0.717, 1.165) is 10.6 Å². The number of nitrogens with zero attached hydrogens (tertiary/aromatic N) is 2. The normalized spacial score (nSPS) is 26.0. The van der Waals surface area contributed by atoms with Crippen molar-refractivity contribution in [2.24, 2.45) is 4.99 Å². The lowest BCUT2D eigenvalue weighted by Crippen LogP contribution is -2.37. The van der Waals surface area contributed by atoms with Gasteiger partial charge in [0.15, 0.2) is 26.5 Å². The molecule has 2 saturated heterocycles. The first-order valence-electron chi connectivity index (χ1n) is 8.68. The SMILES string of the molecule is O=C(Cc1cccs1)N=C1S[C@H]2CS(=O)(=O)C[C@H]2N1c1ccc2c(c1)OCO2. The topological polar surface area (TPSA) is 85.3 Å². The van der Waals surface area contributed by atoms with E-state index >= 15 is 0 Å². The number of anilines is 1.